The Hall–Kier alpha value is -2.80. The summed E-state index contributed by atoms with van der Waals surface area (Å²) < 4.78 is 0. The lowest BCUT2D eigenvalue weighted by atomic mass is 10.1. The highest BCUT2D eigenvalue weighted by molar-refractivity contribution is 6.08. The predicted molar refractivity (Wildman–Crippen MR) is 74.7 cm³/mol. The normalized spacial score (nSPS) is 9.68. The fourth-order valence-electron chi connectivity index (χ4n) is 1.86. The average Bonchev–Trinajstić information content (AvgIpc) is 2.38. The number of nitrogen functional groups attached to an aromatic ring is 1. The van der Waals surface area contributed by atoms with Crippen molar-refractivity contribution in [2.24, 2.45) is 0 Å². The third-order valence-corrected chi connectivity index (χ3v) is 2.78. The Morgan fingerprint density at radius 2 is 2.00 bits per heavy atom. The minimum Gasteiger partial charge on any atom is -0.398 e. The summed E-state index contributed by atoms with van der Waals surface area (Å²) in [7, 11) is 0. The Kier molecular flexibility index (Phi) is 3.48. The summed E-state index contributed by atoms with van der Waals surface area (Å²) in [5, 5.41) is 11.6. The van der Waals surface area contributed by atoms with E-state index in [1.54, 1.807) is 36.4 Å². The van der Waals surface area contributed by atoms with Crippen LogP contribution in [0.25, 0.3) is 0 Å². The molecular weight excluding hydrogens is 238 g/mol. The summed E-state index contributed by atoms with van der Waals surface area (Å²) in [6.45, 7) is 1.83. The predicted octanol–water partition coefficient (Wildman–Crippen LogP) is 2.70. The maximum absolute atomic E-state index is 12.2. The zero-order valence-corrected chi connectivity index (χ0v) is 10.5. The lowest BCUT2D eigenvalue weighted by molar-refractivity contribution is 0.102. The molecule has 0 aliphatic rings. The van der Waals surface area contributed by atoms with Crippen molar-refractivity contribution in [2.75, 3.05) is 11.1 Å². The molecule has 2 aromatic carbocycles. The Bertz CT molecular complexity index is 651. The second-order valence-corrected chi connectivity index (χ2v) is 4.19. The van der Waals surface area contributed by atoms with Crippen molar-refractivity contribution < 1.29 is 4.79 Å². The largest absolute Gasteiger partial charge is 0.398 e. The molecule has 0 fully saturated rings. The van der Waals surface area contributed by atoms with Crippen LogP contribution in [0.3, 0.4) is 0 Å². The van der Waals surface area contributed by atoms with Gasteiger partial charge in [-0.25, -0.2) is 0 Å². The maximum Gasteiger partial charge on any atom is 0.258 e. The van der Waals surface area contributed by atoms with Crippen LogP contribution in [-0.2, 0) is 0 Å². The smallest absolute Gasteiger partial charge is 0.258 e. The van der Waals surface area contributed by atoms with Gasteiger partial charge in [0.15, 0.2) is 0 Å². The van der Waals surface area contributed by atoms with Gasteiger partial charge in [-0.15, -0.1) is 0 Å². The SMILES string of the molecule is Cc1cccc(N)c1C(=O)Nc1cccc(C#N)c1. The zero-order valence-electron chi connectivity index (χ0n) is 10.5. The fraction of sp³-hybridized carbons (Fsp3) is 0.0667. The van der Waals surface area contributed by atoms with Crippen LogP contribution in [0.4, 0.5) is 11.4 Å². The van der Waals surface area contributed by atoms with Crippen LogP contribution in [0.1, 0.15) is 21.5 Å². The van der Waals surface area contributed by atoms with E-state index in [1.165, 1.54) is 0 Å². The summed E-state index contributed by atoms with van der Waals surface area (Å²) in [5.74, 6) is -0.273. The molecule has 1 amide bonds. The minimum atomic E-state index is -0.273. The molecule has 2 aromatic rings. The average molecular weight is 251 g/mol. The molecule has 0 atom stereocenters. The molecule has 0 heterocycles. The molecule has 19 heavy (non-hydrogen) atoms. The van der Waals surface area contributed by atoms with E-state index in [4.69, 9.17) is 11.0 Å². The van der Waals surface area contributed by atoms with Gasteiger partial charge >= 0.3 is 0 Å². The molecular formula is C15H13N3O. The van der Waals surface area contributed by atoms with Crippen molar-refractivity contribution >= 4 is 17.3 Å². The number of nitriles is 1. The number of nitrogens with zero attached hydrogens (tertiary/aromatic N) is 1. The Morgan fingerprint density at radius 1 is 1.26 bits per heavy atom. The summed E-state index contributed by atoms with van der Waals surface area (Å²) in [6.07, 6.45) is 0. The fourth-order valence-corrected chi connectivity index (χ4v) is 1.86. The molecule has 0 saturated carbocycles. The number of carbonyl (C=O) groups is 1. The lowest BCUT2D eigenvalue weighted by Gasteiger charge is -2.10. The topological polar surface area (TPSA) is 78.9 Å². The summed E-state index contributed by atoms with van der Waals surface area (Å²) in [4.78, 5) is 12.2. The molecule has 3 N–H and O–H groups in total. The van der Waals surface area contributed by atoms with E-state index >= 15 is 0 Å². The third-order valence-electron chi connectivity index (χ3n) is 2.78. The highest BCUT2D eigenvalue weighted by Crippen LogP contribution is 2.18. The number of rotatable bonds is 2. The number of amides is 1. The Balaban J connectivity index is 2.29. The van der Waals surface area contributed by atoms with Crippen molar-refractivity contribution in [2.45, 2.75) is 6.92 Å². The first-order valence-electron chi connectivity index (χ1n) is 5.78. The molecule has 0 bridgehead atoms. The third kappa shape index (κ3) is 2.72. The first-order chi connectivity index (χ1) is 9.11. The van der Waals surface area contributed by atoms with Crippen molar-refractivity contribution in [3.05, 3.63) is 59.2 Å². The molecule has 0 unspecified atom stereocenters. The van der Waals surface area contributed by atoms with E-state index in [0.29, 0.717) is 22.5 Å². The summed E-state index contributed by atoms with van der Waals surface area (Å²) >= 11 is 0. The molecule has 0 spiro atoms. The second-order valence-electron chi connectivity index (χ2n) is 4.19. The highest BCUT2D eigenvalue weighted by Gasteiger charge is 2.12. The van der Waals surface area contributed by atoms with Crippen LogP contribution in [0.5, 0.6) is 0 Å². The first kappa shape index (κ1) is 12.7. The molecule has 0 aromatic heterocycles. The minimum absolute atomic E-state index is 0.273. The molecule has 4 heteroatoms. The summed E-state index contributed by atoms with van der Waals surface area (Å²) in [5.41, 5.74) is 8.61. The van der Waals surface area contributed by atoms with Gasteiger partial charge < -0.3 is 11.1 Å². The molecule has 4 nitrogen and oxygen atoms in total. The van der Waals surface area contributed by atoms with Gasteiger partial charge in [-0.3, -0.25) is 4.79 Å². The molecule has 0 radical (unpaired) electrons. The van der Waals surface area contributed by atoms with Gasteiger partial charge in [-0.1, -0.05) is 18.2 Å². The van der Waals surface area contributed by atoms with Crippen LogP contribution in [0.2, 0.25) is 0 Å². The number of anilines is 2. The van der Waals surface area contributed by atoms with Gasteiger partial charge in [-0.05, 0) is 36.8 Å². The lowest BCUT2D eigenvalue weighted by Crippen LogP contribution is -2.15. The van der Waals surface area contributed by atoms with Gasteiger partial charge in [0.1, 0.15) is 0 Å². The van der Waals surface area contributed by atoms with E-state index < -0.39 is 0 Å². The zero-order chi connectivity index (χ0) is 13.8. The molecule has 94 valence electrons. The van der Waals surface area contributed by atoms with E-state index in [-0.39, 0.29) is 5.91 Å². The van der Waals surface area contributed by atoms with E-state index in [9.17, 15) is 4.79 Å². The van der Waals surface area contributed by atoms with Gasteiger partial charge in [0.25, 0.3) is 5.91 Å². The van der Waals surface area contributed by atoms with Crippen LogP contribution in [0, 0.1) is 18.3 Å². The van der Waals surface area contributed by atoms with Gasteiger partial charge in [0, 0.05) is 11.4 Å². The van der Waals surface area contributed by atoms with Crippen LogP contribution < -0.4 is 11.1 Å². The van der Waals surface area contributed by atoms with Gasteiger partial charge in [0.05, 0.1) is 17.2 Å². The quantitative estimate of drug-likeness (QED) is 0.805. The highest BCUT2D eigenvalue weighted by atomic mass is 16.1. The van der Waals surface area contributed by atoms with Gasteiger partial charge in [-0.2, -0.15) is 5.26 Å². The summed E-state index contributed by atoms with van der Waals surface area (Å²) in [6, 6.07) is 14.1. The Labute approximate surface area is 111 Å². The van der Waals surface area contributed by atoms with Crippen LogP contribution in [0.15, 0.2) is 42.5 Å². The Morgan fingerprint density at radius 3 is 2.68 bits per heavy atom. The monoisotopic (exact) mass is 251 g/mol. The maximum atomic E-state index is 12.2. The number of carbonyl (C=O) groups excluding carboxylic acids is 1. The van der Waals surface area contributed by atoms with Crippen molar-refractivity contribution in [1.29, 1.82) is 5.26 Å². The number of aryl methyl sites for hydroxylation is 1. The number of hydrogen-bond donors (Lipinski definition) is 2. The first-order valence-corrected chi connectivity index (χ1v) is 5.78. The van der Waals surface area contributed by atoms with Crippen LogP contribution >= 0.6 is 0 Å². The number of nitrogens with two attached hydrogens (primary N) is 1. The van der Waals surface area contributed by atoms with Crippen LogP contribution in [-0.4, -0.2) is 5.91 Å². The van der Waals surface area contributed by atoms with Crippen molar-refractivity contribution in [3.63, 3.8) is 0 Å². The molecule has 2 rings (SSSR count). The van der Waals surface area contributed by atoms with Crippen molar-refractivity contribution in [3.8, 4) is 6.07 Å². The van der Waals surface area contributed by atoms with Gasteiger partial charge in [0.2, 0.25) is 0 Å². The number of hydrogen-bond acceptors (Lipinski definition) is 3. The molecule has 0 saturated heterocycles. The molecule has 0 aliphatic heterocycles. The molecule has 0 aliphatic carbocycles. The van der Waals surface area contributed by atoms with E-state index in [2.05, 4.69) is 5.32 Å². The standard InChI is InChI=1S/C15H13N3O/c1-10-4-2-7-13(17)14(10)15(19)18-12-6-3-5-11(8-12)9-16/h2-8H,17H2,1H3,(H,18,19). The number of benzene rings is 2. The van der Waals surface area contributed by atoms with E-state index in [0.717, 1.165) is 5.56 Å². The second kappa shape index (κ2) is 5.23. The number of nitrogens with one attached hydrogen (secondary N) is 1. The van der Waals surface area contributed by atoms with E-state index in [1.807, 2.05) is 19.1 Å². The van der Waals surface area contributed by atoms with Crippen molar-refractivity contribution in [1.82, 2.24) is 0 Å².